The SMILES string of the molecule is O=C1O[C@H]2C[C@@H]3CC[C@@H]2[C@H]1C3. The summed E-state index contributed by atoms with van der Waals surface area (Å²) in [5.74, 6) is 1.81. The van der Waals surface area contributed by atoms with Gasteiger partial charge >= 0.3 is 5.97 Å². The molecule has 3 aliphatic carbocycles. The molecule has 0 unspecified atom stereocenters. The van der Waals surface area contributed by atoms with Crippen LogP contribution in [0.4, 0.5) is 0 Å². The van der Waals surface area contributed by atoms with E-state index in [1.807, 2.05) is 0 Å². The average molecular weight is 152 g/mol. The van der Waals surface area contributed by atoms with Crippen LogP contribution < -0.4 is 0 Å². The van der Waals surface area contributed by atoms with Crippen LogP contribution in [0.1, 0.15) is 25.7 Å². The van der Waals surface area contributed by atoms with E-state index < -0.39 is 0 Å². The third-order valence-corrected chi connectivity index (χ3v) is 3.63. The van der Waals surface area contributed by atoms with Crippen molar-refractivity contribution in [3.63, 3.8) is 0 Å². The molecule has 4 rings (SSSR count). The van der Waals surface area contributed by atoms with E-state index >= 15 is 0 Å². The summed E-state index contributed by atoms with van der Waals surface area (Å²) in [6.07, 6.45) is 5.19. The van der Waals surface area contributed by atoms with Gasteiger partial charge in [0, 0.05) is 5.92 Å². The highest BCUT2D eigenvalue weighted by molar-refractivity contribution is 5.75. The highest BCUT2D eigenvalue weighted by atomic mass is 16.6. The number of carbonyl (C=O) groups is 1. The monoisotopic (exact) mass is 152 g/mol. The third-order valence-electron chi connectivity index (χ3n) is 3.63. The van der Waals surface area contributed by atoms with E-state index in [9.17, 15) is 4.79 Å². The average Bonchev–Trinajstić information content (AvgIpc) is 2.25. The third kappa shape index (κ3) is 0.652. The van der Waals surface area contributed by atoms with Gasteiger partial charge in [0.2, 0.25) is 0 Å². The van der Waals surface area contributed by atoms with Crippen LogP contribution >= 0.6 is 0 Å². The van der Waals surface area contributed by atoms with Gasteiger partial charge in [-0.1, -0.05) is 0 Å². The smallest absolute Gasteiger partial charge is 0.309 e. The first kappa shape index (κ1) is 6.04. The molecule has 60 valence electrons. The molecule has 0 spiro atoms. The van der Waals surface area contributed by atoms with Gasteiger partial charge in [-0.05, 0) is 31.6 Å². The molecule has 2 heteroatoms. The Labute approximate surface area is 65.9 Å². The van der Waals surface area contributed by atoms with Crippen molar-refractivity contribution in [2.45, 2.75) is 31.8 Å². The molecule has 0 aromatic rings. The van der Waals surface area contributed by atoms with Crippen molar-refractivity contribution >= 4 is 5.97 Å². The predicted octanol–water partition coefficient (Wildman–Crippen LogP) is 1.35. The van der Waals surface area contributed by atoms with Crippen LogP contribution in [0.5, 0.6) is 0 Å². The summed E-state index contributed by atoms with van der Waals surface area (Å²) in [4.78, 5) is 11.2. The second-order valence-corrected chi connectivity index (χ2v) is 4.16. The standard InChI is InChI=1S/C9H12O2/c10-9-7-3-5-1-2-6(7)8(4-5)11-9/h5-8H,1-4H2/t5-,6-,7-,8+/m1/s1. The first-order chi connectivity index (χ1) is 5.34. The fourth-order valence-corrected chi connectivity index (χ4v) is 3.09. The number of fused-ring (bicyclic) bond motifs is 1. The Hall–Kier alpha value is -0.530. The van der Waals surface area contributed by atoms with E-state index in [-0.39, 0.29) is 5.97 Å². The molecule has 0 amide bonds. The van der Waals surface area contributed by atoms with Gasteiger partial charge in [-0.25, -0.2) is 0 Å². The Morgan fingerprint density at radius 1 is 1.27 bits per heavy atom. The van der Waals surface area contributed by atoms with Crippen LogP contribution in [0.3, 0.4) is 0 Å². The summed E-state index contributed by atoms with van der Waals surface area (Å²) in [6, 6.07) is 0. The van der Waals surface area contributed by atoms with E-state index in [2.05, 4.69) is 0 Å². The van der Waals surface area contributed by atoms with Gasteiger partial charge in [-0.2, -0.15) is 0 Å². The molecule has 0 aromatic heterocycles. The number of ether oxygens (including phenoxy) is 1. The predicted molar refractivity (Wildman–Crippen MR) is 38.8 cm³/mol. The lowest BCUT2D eigenvalue weighted by molar-refractivity contribution is -0.143. The fraction of sp³-hybridized carbons (Fsp3) is 0.889. The second-order valence-electron chi connectivity index (χ2n) is 4.16. The first-order valence-electron chi connectivity index (χ1n) is 4.55. The molecule has 4 fully saturated rings. The van der Waals surface area contributed by atoms with E-state index in [0.29, 0.717) is 17.9 Å². The Morgan fingerprint density at radius 3 is 2.82 bits per heavy atom. The van der Waals surface area contributed by atoms with Crippen LogP contribution in [-0.2, 0) is 9.53 Å². The number of rotatable bonds is 0. The highest BCUT2D eigenvalue weighted by Gasteiger charge is 2.52. The van der Waals surface area contributed by atoms with Crippen molar-refractivity contribution in [2.75, 3.05) is 0 Å². The van der Waals surface area contributed by atoms with Gasteiger partial charge in [0.15, 0.2) is 0 Å². The summed E-state index contributed by atoms with van der Waals surface area (Å²) >= 11 is 0. The lowest BCUT2D eigenvalue weighted by atomic mass is 9.65. The number of esters is 1. The second kappa shape index (κ2) is 1.79. The minimum Gasteiger partial charge on any atom is -0.462 e. The van der Waals surface area contributed by atoms with Crippen LogP contribution in [0.25, 0.3) is 0 Å². The highest BCUT2D eigenvalue weighted by Crippen LogP contribution is 2.50. The molecule has 1 aliphatic heterocycles. The molecule has 0 aromatic carbocycles. The van der Waals surface area contributed by atoms with Gasteiger partial charge in [-0.15, -0.1) is 0 Å². The molecule has 11 heavy (non-hydrogen) atoms. The molecule has 1 heterocycles. The lowest BCUT2D eigenvalue weighted by Gasteiger charge is -2.38. The van der Waals surface area contributed by atoms with Crippen molar-refractivity contribution < 1.29 is 9.53 Å². The minimum atomic E-state index is 0.0993. The van der Waals surface area contributed by atoms with Gasteiger partial charge in [-0.3, -0.25) is 4.79 Å². The van der Waals surface area contributed by atoms with Gasteiger partial charge in [0.25, 0.3) is 0 Å². The minimum absolute atomic E-state index is 0.0993. The van der Waals surface area contributed by atoms with Crippen molar-refractivity contribution in [3.8, 4) is 0 Å². The summed E-state index contributed by atoms with van der Waals surface area (Å²) in [6.45, 7) is 0. The summed E-state index contributed by atoms with van der Waals surface area (Å²) < 4.78 is 5.28. The molecular weight excluding hydrogens is 140 g/mol. The van der Waals surface area contributed by atoms with E-state index in [0.717, 1.165) is 18.8 Å². The quantitative estimate of drug-likeness (QED) is 0.490. The Morgan fingerprint density at radius 2 is 2.18 bits per heavy atom. The Balaban J connectivity index is 1.99. The summed E-state index contributed by atoms with van der Waals surface area (Å²) in [5, 5.41) is 0. The van der Waals surface area contributed by atoms with Crippen LogP contribution in [0.15, 0.2) is 0 Å². The van der Waals surface area contributed by atoms with Crippen molar-refractivity contribution in [1.82, 2.24) is 0 Å². The maximum absolute atomic E-state index is 11.2. The first-order valence-corrected chi connectivity index (χ1v) is 4.55. The fourth-order valence-electron chi connectivity index (χ4n) is 3.09. The van der Waals surface area contributed by atoms with Gasteiger partial charge < -0.3 is 4.74 Å². The van der Waals surface area contributed by atoms with Crippen LogP contribution in [0, 0.1) is 17.8 Å². The molecular formula is C9H12O2. The maximum Gasteiger partial charge on any atom is 0.309 e. The zero-order valence-corrected chi connectivity index (χ0v) is 6.45. The van der Waals surface area contributed by atoms with Gasteiger partial charge in [0.05, 0.1) is 5.92 Å². The molecule has 0 radical (unpaired) electrons. The van der Waals surface area contributed by atoms with Crippen LogP contribution in [-0.4, -0.2) is 12.1 Å². The largest absolute Gasteiger partial charge is 0.462 e. The van der Waals surface area contributed by atoms with Crippen molar-refractivity contribution in [1.29, 1.82) is 0 Å². The molecule has 0 N–H and O–H groups in total. The van der Waals surface area contributed by atoms with E-state index in [1.54, 1.807) is 0 Å². The van der Waals surface area contributed by atoms with Crippen molar-refractivity contribution in [3.05, 3.63) is 0 Å². The van der Waals surface area contributed by atoms with Gasteiger partial charge in [0.1, 0.15) is 6.10 Å². The number of hydrogen-bond donors (Lipinski definition) is 0. The van der Waals surface area contributed by atoms with E-state index in [1.165, 1.54) is 12.8 Å². The Kier molecular flexibility index (Phi) is 0.984. The zero-order chi connectivity index (χ0) is 7.42. The van der Waals surface area contributed by atoms with Crippen molar-refractivity contribution in [2.24, 2.45) is 17.8 Å². The number of carbonyl (C=O) groups excluding carboxylic acids is 1. The Bertz CT molecular complexity index is 212. The molecule has 1 saturated heterocycles. The zero-order valence-electron chi connectivity index (χ0n) is 6.45. The summed E-state index contributed by atoms with van der Waals surface area (Å²) in [7, 11) is 0. The molecule has 4 bridgehead atoms. The summed E-state index contributed by atoms with van der Waals surface area (Å²) in [5.41, 5.74) is 0. The maximum atomic E-state index is 11.2. The number of hydrogen-bond acceptors (Lipinski definition) is 2. The molecule has 3 saturated carbocycles. The van der Waals surface area contributed by atoms with Crippen LogP contribution in [0.2, 0.25) is 0 Å². The molecule has 2 nitrogen and oxygen atoms in total. The molecule has 4 atom stereocenters. The normalized spacial score (nSPS) is 52.9. The topological polar surface area (TPSA) is 26.3 Å². The lowest BCUT2D eigenvalue weighted by Crippen LogP contribution is -2.36. The van der Waals surface area contributed by atoms with E-state index in [4.69, 9.17) is 4.74 Å². The molecule has 4 aliphatic rings.